The minimum atomic E-state index is -0.732. The van der Waals surface area contributed by atoms with Gasteiger partial charge >= 0.3 is 6.03 Å². The van der Waals surface area contributed by atoms with Crippen molar-refractivity contribution in [3.8, 4) is 5.75 Å². The van der Waals surface area contributed by atoms with Crippen molar-refractivity contribution in [1.29, 1.82) is 0 Å². The van der Waals surface area contributed by atoms with Crippen molar-refractivity contribution in [2.75, 3.05) is 44.6 Å². The molecule has 2 N–H and O–H groups in total. The van der Waals surface area contributed by atoms with E-state index in [1.54, 1.807) is 30.9 Å². The predicted molar refractivity (Wildman–Crippen MR) is 104 cm³/mol. The van der Waals surface area contributed by atoms with E-state index < -0.39 is 5.60 Å². The molecule has 0 radical (unpaired) electrons. The Morgan fingerprint density at radius 3 is 2.56 bits per heavy atom. The number of carbonyl (C=O) groups is 1. The number of piperazine rings is 1. The number of rotatable bonds is 5. The number of ether oxygens (including phenoxy) is 1. The molecule has 1 aliphatic heterocycles. The summed E-state index contributed by atoms with van der Waals surface area (Å²) < 4.78 is 6.31. The fourth-order valence-corrected chi connectivity index (χ4v) is 3.72. The third-order valence-corrected chi connectivity index (χ3v) is 4.62. The Kier molecular flexibility index (Phi) is 6.96. The minimum absolute atomic E-state index is 0.182. The van der Waals surface area contributed by atoms with Crippen LogP contribution < -0.4 is 10.1 Å². The fourth-order valence-electron chi connectivity index (χ4n) is 2.79. The molecule has 1 aromatic rings. The molecule has 1 aliphatic rings. The number of halogens is 2. The number of urea groups is 1. The molecule has 1 heterocycles. The lowest BCUT2D eigenvalue weighted by Gasteiger charge is -2.37. The Labute approximate surface area is 162 Å². The average molecular weight is 435 g/mol. The summed E-state index contributed by atoms with van der Waals surface area (Å²) in [7, 11) is 0. The van der Waals surface area contributed by atoms with Crippen molar-refractivity contribution >= 4 is 39.2 Å². The molecular weight excluding hydrogens is 410 g/mol. The molecule has 0 aromatic heterocycles. The van der Waals surface area contributed by atoms with E-state index in [-0.39, 0.29) is 6.03 Å². The number of carbonyl (C=O) groups excluding carboxylic acids is 1. The molecule has 1 aromatic carbocycles. The number of hydrogen-bond acceptors (Lipinski definition) is 4. The second kappa shape index (κ2) is 8.58. The summed E-state index contributed by atoms with van der Waals surface area (Å²) in [5.74, 6) is 0.570. The highest BCUT2D eigenvalue weighted by Crippen LogP contribution is 2.36. The first kappa shape index (κ1) is 20.3. The molecule has 2 amide bonds. The van der Waals surface area contributed by atoms with Crippen molar-refractivity contribution in [3.63, 3.8) is 0 Å². The van der Waals surface area contributed by atoms with Gasteiger partial charge in [0.25, 0.3) is 0 Å². The summed E-state index contributed by atoms with van der Waals surface area (Å²) in [5.41, 5.74) is -0.186. The topological polar surface area (TPSA) is 65.0 Å². The standard InChI is InChI=1S/C17H25BrClN3O3/c1-4-25-15-13(18)9-12(19)10-14(15)20-16(23)22-7-5-21(6-8-22)11-17(2,3)24/h9-10,24H,4-8,11H2,1-3H3,(H,20,23). The van der Waals surface area contributed by atoms with Crippen LogP contribution in [0, 0.1) is 0 Å². The minimum Gasteiger partial charge on any atom is -0.491 e. The van der Waals surface area contributed by atoms with Gasteiger partial charge in [-0.1, -0.05) is 11.6 Å². The van der Waals surface area contributed by atoms with Crippen LogP contribution in [0.3, 0.4) is 0 Å². The van der Waals surface area contributed by atoms with Crippen LogP contribution in [0.25, 0.3) is 0 Å². The number of nitrogens with zero attached hydrogens (tertiary/aromatic N) is 2. The van der Waals surface area contributed by atoms with Gasteiger partial charge in [-0.25, -0.2) is 4.79 Å². The Hall–Kier alpha value is -1.02. The van der Waals surface area contributed by atoms with Gasteiger partial charge in [0.1, 0.15) is 0 Å². The summed E-state index contributed by atoms with van der Waals surface area (Å²) in [5, 5.41) is 13.3. The first-order chi connectivity index (χ1) is 11.7. The maximum atomic E-state index is 12.6. The first-order valence-electron chi connectivity index (χ1n) is 8.32. The van der Waals surface area contributed by atoms with Gasteiger partial charge in [0.15, 0.2) is 5.75 Å². The number of nitrogens with one attached hydrogen (secondary N) is 1. The van der Waals surface area contributed by atoms with Gasteiger partial charge in [-0.2, -0.15) is 0 Å². The van der Waals surface area contributed by atoms with E-state index in [4.69, 9.17) is 16.3 Å². The lowest BCUT2D eigenvalue weighted by Crippen LogP contribution is -2.52. The molecule has 8 heteroatoms. The highest BCUT2D eigenvalue weighted by atomic mass is 79.9. The monoisotopic (exact) mass is 433 g/mol. The van der Waals surface area contributed by atoms with Crippen LogP contribution in [0.1, 0.15) is 20.8 Å². The molecule has 0 spiro atoms. The molecule has 1 saturated heterocycles. The van der Waals surface area contributed by atoms with Gasteiger partial charge in [0, 0.05) is 37.7 Å². The molecule has 0 aliphatic carbocycles. The zero-order chi connectivity index (χ0) is 18.6. The molecule has 0 saturated carbocycles. The fraction of sp³-hybridized carbons (Fsp3) is 0.588. The van der Waals surface area contributed by atoms with Gasteiger partial charge in [-0.05, 0) is 48.8 Å². The summed E-state index contributed by atoms with van der Waals surface area (Å²) in [4.78, 5) is 16.5. The number of β-amino-alcohol motifs (C(OH)–C–C–N with tert-alkyl or cyclic N) is 1. The number of amides is 2. The van der Waals surface area contributed by atoms with Crippen LogP contribution in [0.4, 0.5) is 10.5 Å². The Morgan fingerprint density at radius 1 is 1.36 bits per heavy atom. The molecule has 140 valence electrons. The van der Waals surface area contributed by atoms with Crippen molar-refractivity contribution < 1.29 is 14.6 Å². The van der Waals surface area contributed by atoms with Gasteiger partial charge in [0.05, 0.1) is 22.4 Å². The van der Waals surface area contributed by atoms with Gasteiger partial charge in [-0.15, -0.1) is 0 Å². The molecule has 6 nitrogen and oxygen atoms in total. The number of hydrogen-bond donors (Lipinski definition) is 2. The van der Waals surface area contributed by atoms with E-state index in [1.165, 1.54) is 0 Å². The van der Waals surface area contributed by atoms with E-state index in [0.29, 0.717) is 47.2 Å². The predicted octanol–water partition coefficient (Wildman–Crippen LogP) is 3.42. The second-order valence-electron chi connectivity index (χ2n) is 6.70. The van der Waals surface area contributed by atoms with Gasteiger partial charge in [-0.3, -0.25) is 4.90 Å². The largest absolute Gasteiger partial charge is 0.491 e. The van der Waals surface area contributed by atoms with Crippen LogP contribution in [0.5, 0.6) is 5.75 Å². The van der Waals surface area contributed by atoms with E-state index in [2.05, 4.69) is 26.1 Å². The molecule has 0 atom stereocenters. The van der Waals surface area contributed by atoms with E-state index in [0.717, 1.165) is 13.1 Å². The smallest absolute Gasteiger partial charge is 0.322 e. The summed E-state index contributed by atoms with van der Waals surface area (Å²) in [6.45, 7) is 9.22. The highest BCUT2D eigenvalue weighted by molar-refractivity contribution is 9.10. The van der Waals surface area contributed by atoms with Crippen LogP contribution >= 0.6 is 27.5 Å². The third kappa shape index (κ3) is 6.02. The summed E-state index contributed by atoms with van der Waals surface area (Å²) >= 11 is 9.51. The average Bonchev–Trinajstić information content (AvgIpc) is 2.49. The Bertz CT molecular complexity index is 614. The molecule has 2 rings (SSSR count). The second-order valence-corrected chi connectivity index (χ2v) is 7.99. The number of benzene rings is 1. The van der Waals surface area contributed by atoms with E-state index in [9.17, 15) is 9.90 Å². The van der Waals surface area contributed by atoms with Crippen molar-refractivity contribution in [3.05, 3.63) is 21.6 Å². The number of anilines is 1. The highest BCUT2D eigenvalue weighted by Gasteiger charge is 2.25. The maximum Gasteiger partial charge on any atom is 0.322 e. The van der Waals surface area contributed by atoms with Gasteiger partial charge < -0.3 is 20.1 Å². The normalized spacial score (nSPS) is 16.0. The first-order valence-corrected chi connectivity index (χ1v) is 9.49. The van der Waals surface area contributed by atoms with Crippen molar-refractivity contribution in [2.45, 2.75) is 26.4 Å². The van der Waals surface area contributed by atoms with Crippen LogP contribution in [0.2, 0.25) is 5.02 Å². The lowest BCUT2D eigenvalue weighted by molar-refractivity contribution is 0.0231. The maximum absolute atomic E-state index is 12.6. The molecule has 1 fully saturated rings. The Morgan fingerprint density at radius 2 is 2.00 bits per heavy atom. The van der Waals surface area contributed by atoms with Crippen LogP contribution in [-0.4, -0.2) is 65.9 Å². The molecule has 0 bridgehead atoms. The zero-order valence-electron chi connectivity index (χ0n) is 14.8. The van der Waals surface area contributed by atoms with Crippen LogP contribution in [0.15, 0.2) is 16.6 Å². The molecule has 0 unspecified atom stereocenters. The zero-order valence-corrected chi connectivity index (χ0v) is 17.2. The quantitative estimate of drug-likeness (QED) is 0.745. The van der Waals surface area contributed by atoms with Crippen molar-refractivity contribution in [2.24, 2.45) is 0 Å². The summed E-state index contributed by atoms with van der Waals surface area (Å²) in [6.07, 6.45) is 0. The van der Waals surface area contributed by atoms with Crippen molar-refractivity contribution in [1.82, 2.24) is 9.80 Å². The van der Waals surface area contributed by atoms with E-state index in [1.807, 2.05) is 6.92 Å². The Balaban J connectivity index is 1.99. The van der Waals surface area contributed by atoms with Gasteiger partial charge in [0.2, 0.25) is 0 Å². The molecule has 25 heavy (non-hydrogen) atoms. The van der Waals surface area contributed by atoms with Crippen LogP contribution in [-0.2, 0) is 0 Å². The summed E-state index contributed by atoms with van der Waals surface area (Å²) in [6, 6.07) is 3.23. The van der Waals surface area contributed by atoms with E-state index >= 15 is 0 Å². The third-order valence-electron chi connectivity index (χ3n) is 3.81. The number of aliphatic hydroxyl groups is 1. The lowest BCUT2D eigenvalue weighted by atomic mass is 10.1. The SMILES string of the molecule is CCOc1c(Br)cc(Cl)cc1NC(=O)N1CCN(CC(C)(C)O)CC1. The molecular formula is C17H25BrClN3O3.